The van der Waals surface area contributed by atoms with Crippen LogP contribution in [0.4, 0.5) is 0 Å². The third-order valence-corrected chi connectivity index (χ3v) is 12.7. The average Bonchev–Trinajstić information content (AvgIpc) is 3.92. The lowest BCUT2D eigenvalue weighted by atomic mass is 10.1. The molecule has 0 fully saturated rings. The van der Waals surface area contributed by atoms with E-state index in [4.69, 9.17) is 4.99 Å². The first kappa shape index (κ1) is 32.3. The molecule has 3 aromatic heterocycles. The number of hydrogen-bond donors (Lipinski definition) is 2. The molecule has 0 saturated carbocycles. The van der Waals surface area contributed by atoms with E-state index in [0.29, 0.717) is 0 Å². The van der Waals surface area contributed by atoms with Crippen molar-refractivity contribution in [3.8, 4) is 11.4 Å². The van der Waals surface area contributed by atoms with Gasteiger partial charge in [-0.05, 0) is 71.8 Å². The number of thiophene rings is 1. The van der Waals surface area contributed by atoms with Gasteiger partial charge in [0, 0.05) is 58.7 Å². The van der Waals surface area contributed by atoms with Gasteiger partial charge in [0.05, 0.1) is 22.1 Å². The predicted octanol–water partition coefficient (Wildman–Crippen LogP) is 12.6. The van der Waals surface area contributed by atoms with Crippen LogP contribution in [-0.2, 0) is 0 Å². The van der Waals surface area contributed by atoms with Gasteiger partial charge >= 0.3 is 0 Å². The van der Waals surface area contributed by atoms with Crippen molar-refractivity contribution in [2.45, 2.75) is 12.3 Å². The number of amidine groups is 1. The highest BCUT2D eigenvalue weighted by atomic mass is 32.1. The fourth-order valence-electron chi connectivity index (χ4n) is 8.92. The normalized spacial score (nSPS) is 15.9. The molecule has 2 unspecified atom stereocenters. The third-order valence-electron chi connectivity index (χ3n) is 11.6. The molecule has 2 N–H and O–H groups in total. The van der Waals surface area contributed by atoms with Crippen LogP contribution in [-0.4, -0.2) is 15.0 Å². The molecule has 5 nitrogen and oxygen atoms in total. The largest absolute Gasteiger partial charge is 0.350 e. The number of rotatable bonds is 5. The summed E-state index contributed by atoms with van der Waals surface area (Å²) in [6.07, 6.45) is -0.318. The van der Waals surface area contributed by atoms with Crippen LogP contribution in [0.2, 0.25) is 0 Å². The van der Waals surface area contributed by atoms with Gasteiger partial charge in [-0.3, -0.25) is 5.32 Å². The first-order chi connectivity index (χ1) is 28.2. The zero-order valence-electron chi connectivity index (χ0n) is 30.8. The summed E-state index contributed by atoms with van der Waals surface area (Å²) in [6.45, 7) is 0. The molecule has 4 heterocycles. The highest BCUT2D eigenvalue weighted by molar-refractivity contribution is 7.25. The predicted molar refractivity (Wildman–Crippen MR) is 239 cm³/mol. The molecule has 0 spiro atoms. The fourth-order valence-corrected chi connectivity index (χ4v) is 10.0. The molecule has 2 atom stereocenters. The Morgan fingerprint density at radius 2 is 1.00 bits per heavy atom. The number of nitrogens with one attached hydrogen (secondary N) is 2. The molecule has 8 aromatic carbocycles. The summed E-state index contributed by atoms with van der Waals surface area (Å²) in [5.41, 5.74) is 10.4. The Labute approximate surface area is 332 Å². The summed E-state index contributed by atoms with van der Waals surface area (Å²) in [5.74, 6) is 0.880. The van der Waals surface area contributed by atoms with Crippen LogP contribution in [0.3, 0.4) is 0 Å². The van der Waals surface area contributed by atoms with Crippen molar-refractivity contribution in [3.05, 3.63) is 205 Å². The molecule has 0 amide bonds. The monoisotopic (exact) mass is 749 g/mol. The smallest absolute Gasteiger partial charge is 0.131 e. The number of aliphatic imine (C=N–C) groups is 1. The van der Waals surface area contributed by atoms with Gasteiger partial charge in [-0.2, -0.15) is 0 Å². The Bertz CT molecular complexity index is 3340. The standard InChI is InChI=1S/C51H35N5S/c1-4-14-32(15-5-1)49-52-50(33-16-6-2-7-17-33)54-51(53-49)34-24-26-36(27-25-34)55-43-22-12-10-20-37(43)39-28-40-41-29-42-38-21-11-13-23-47(38)57-48(42)31-46(41)56(45(40)30-44(39)55)35-18-8-3-9-19-35/h1-31,49,51,53H,(H,52,54). The van der Waals surface area contributed by atoms with E-state index in [1.807, 2.05) is 23.5 Å². The van der Waals surface area contributed by atoms with E-state index in [0.717, 1.165) is 33.9 Å². The molecular formula is C51H35N5S. The second kappa shape index (κ2) is 12.8. The zero-order chi connectivity index (χ0) is 37.5. The number of aromatic nitrogens is 2. The lowest BCUT2D eigenvalue weighted by Crippen LogP contribution is -2.44. The van der Waals surface area contributed by atoms with Crippen LogP contribution in [0, 0.1) is 0 Å². The van der Waals surface area contributed by atoms with Crippen LogP contribution in [0.5, 0.6) is 0 Å². The van der Waals surface area contributed by atoms with E-state index >= 15 is 0 Å². The van der Waals surface area contributed by atoms with Crippen LogP contribution < -0.4 is 10.6 Å². The highest BCUT2D eigenvalue weighted by Crippen LogP contribution is 2.43. The van der Waals surface area contributed by atoms with Crippen molar-refractivity contribution in [2.24, 2.45) is 4.99 Å². The van der Waals surface area contributed by atoms with Crippen LogP contribution in [0.1, 0.15) is 29.0 Å². The lowest BCUT2D eigenvalue weighted by molar-refractivity contribution is 0.409. The molecule has 0 saturated heterocycles. The average molecular weight is 750 g/mol. The molecule has 0 bridgehead atoms. The molecule has 57 heavy (non-hydrogen) atoms. The second-order valence-electron chi connectivity index (χ2n) is 14.9. The molecule has 1 aliphatic rings. The van der Waals surface area contributed by atoms with Gasteiger partial charge in [-0.15, -0.1) is 11.3 Å². The van der Waals surface area contributed by atoms with E-state index in [1.54, 1.807) is 0 Å². The van der Waals surface area contributed by atoms with E-state index < -0.39 is 0 Å². The maximum Gasteiger partial charge on any atom is 0.131 e. The maximum absolute atomic E-state index is 5.11. The molecule has 11 aromatic rings. The lowest BCUT2D eigenvalue weighted by Gasteiger charge is -2.32. The van der Waals surface area contributed by atoms with Gasteiger partial charge in [0.25, 0.3) is 0 Å². The summed E-state index contributed by atoms with van der Waals surface area (Å²) >= 11 is 1.87. The summed E-state index contributed by atoms with van der Waals surface area (Å²) < 4.78 is 7.51. The third kappa shape index (κ3) is 5.15. The van der Waals surface area contributed by atoms with Crippen molar-refractivity contribution >= 4 is 81.0 Å². The minimum Gasteiger partial charge on any atom is -0.350 e. The van der Waals surface area contributed by atoms with Crippen molar-refractivity contribution in [1.29, 1.82) is 0 Å². The minimum atomic E-state index is -0.182. The first-order valence-electron chi connectivity index (χ1n) is 19.4. The van der Waals surface area contributed by atoms with Crippen LogP contribution in [0.25, 0.3) is 75.2 Å². The van der Waals surface area contributed by atoms with Crippen LogP contribution in [0.15, 0.2) is 193 Å². The van der Waals surface area contributed by atoms with Gasteiger partial charge in [0.2, 0.25) is 0 Å². The Morgan fingerprint density at radius 3 is 1.77 bits per heavy atom. The molecule has 0 aliphatic carbocycles. The molecule has 6 heteroatoms. The molecule has 0 radical (unpaired) electrons. The van der Waals surface area contributed by atoms with E-state index in [-0.39, 0.29) is 12.3 Å². The quantitative estimate of drug-likeness (QED) is 0.184. The molecule has 12 rings (SSSR count). The van der Waals surface area contributed by atoms with Gasteiger partial charge in [0.1, 0.15) is 18.2 Å². The topological polar surface area (TPSA) is 46.3 Å². The molecule has 270 valence electrons. The Balaban J connectivity index is 1.03. The summed E-state index contributed by atoms with van der Waals surface area (Å²) in [4.78, 5) is 5.11. The Hall–Kier alpha value is -6.99. The maximum atomic E-state index is 5.11. The van der Waals surface area contributed by atoms with Crippen molar-refractivity contribution in [2.75, 3.05) is 0 Å². The van der Waals surface area contributed by atoms with Gasteiger partial charge in [0.15, 0.2) is 0 Å². The number of fused-ring (bicyclic) bond motifs is 9. The van der Waals surface area contributed by atoms with Crippen molar-refractivity contribution in [1.82, 2.24) is 19.8 Å². The van der Waals surface area contributed by atoms with Crippen molar-refractivity contribution in [3.63, 3.8) is 0 Å². The number of nitrogens with zero attached hydrogens (tertiary/aromatic N) is 3. The van der Waals surface area contributed by atoms with Gasteiger partial charge < -0.3 is 14.5 Å². The fraction of sp³-hybridized carbons (Fsp3) is 0.0392. The van der Waals surface area contributed by atoms with E-state index in [1.165, 1.54) is 63.8 Å². The molecular weight excluding hydrogens is 715 g/mol. The number of para-hydroxylation sites is 2. The SMILES string of the molecule is c1ccc(C2=NC(c3ccccc3)NC(c3ccc(-n4c5ccccc5c5cc6c7cc8c(cc7n(-c7ccccc7)c6cc54)sc4ccccc48)cc3)N2)cc1. The van der Waals surface area contributed by atoms with Gasteiger partial charge in [-0.1, -0.05) is 127 Å². The van der Waals surface area contributed by atoms with E-state index in [2.05, 4.69) is 196 Å². The van der Waals surface area contributed by atoms with Crippen LogP contribution >= 0.6 is 11.3 Å². The van der Waals surface area contributed by atoms with Crippen molar-refractivity contribution < 1.29 is 0 Å². The number of benzene rings is 8. The zero-order valence-corrected chi connectivity index (χ0v) is 31.6. The number of hydrogen-bond acceptors (Lipinski definition) is 4. The second-order valence-corrected chi connectivity index (χ2v) is 16.0. The Morgan fingerprint density at radius 1 is 0.421 bits per heavy atom. The molecule has 1 aliphatic heterocycles. The van der Waals surface area contributed by atoms with Gasteiger partial charge in [-0.25, -0.2) is 4.99 Å². The first-order valence-corrected chi connectivity index (χ1v) is 20.3. The summed E-state index contributed by atoms with van der Waals surface area (Å²) in [6, 6.07) is 67.9. The summed E-state index contributed by atoms with van der Waals surface area (Å²) in [5, 5.41) is 15.1. The Kier molecular flexibility index (Phi) is 7.24. The minimum absolute atomic E-state index is 0.136. The summed E-state index contributed by atoms with van der Waals surface area (Å²) in [7, 11) is 0. The highest BCUT2D eigenvalue weighted by Gasteiger charge is 2.26. The van der Waals surface area contributed by atoms with E-state index in [9.17, 15) is 0 Å².